The third-order valence-electron chi connectivity index (χ3n) is 3.04. The zero-order valence-electron chi connectivity index (χ0n) is 8.52. The van der Waals surface area contributed by atoms with Gasteiger partial charge in [-0.2, -0.15) is 0 Å². The Morgan fingerprint density at radius 3 is 2.36 bits per heavy atom. The van der Waals surface area contributed by atoms with Crippen LogP contribution >= 0.6 is 0 Å². The first kappa shape index (κ1) is 9.58. The van der Waals surface area contributed by atoms with E-state index < -0.39 is 0 Å². The molecule has 1 aliphatic carbocycles. The highest BCUT2D eigenvalue weighted by Crippen LogP contribution is 2.29. The van der Waals surface area contributed by atoms with E-state index in [1.165, 1.54) is 19.4 Å². The molecular weight excluding hydrogens is 178 g/mol. The number of guanidine groups is 1. The molecule has 1 saturated heterocycles. The number of hydrazone groups is 1. The molecule has 14 heavy (non-hydrogen) atoms. The van der Waals surface area contributed by atoms with Crippen molar-refractivity contribution in [3.8, 4) is 0 Å². The summed E-state index contributed by atoms with van der Waals surface area (Å²) >= 11 is 0. The summed E-state index contributed by atoms with van der Waals surface area (Å²) in [5, 5.41) is 3.51. The van der Waals surface area contributed by atoms with Crippen molar-refractivity contribution in [3.05, 3.63) is 0 Å². The third-order valence-corrected chi connectivity index (χ3v) is 3.04. The lowest BCUT2D eigenvalue weighted by atomic mass is 10.3. The topological polar surface area (TPSA) is 70.9 Å². The molecule has 5 heteroatoms. The van der Waals surface area contributed by atoms with E-state index in [1.54, 1.807) is 0 Å². The van der Waals surface area contributed by atoms with Crippen LogP contribution in [-0.2, 0) is 0 Å². The van der Waals surface area contributed by atoms with E-state index in [0.717, 1.165) is 32.1 Å². The van der Waals surface area contributed by atoms with E-state index in [0.29, 0.717) is 5.96 Å². The molecule has 2 fully saturated rings. The monoisotopic (exact) mass is 197 g/mol. The second-order valence-corrected chi connectivity index (χ2v) is 4.22. The first-order valence-electron chi connectivity index (χ1n) is 5.30. The van der Waals surface area contributed by atoms with Crippen molar-refractivity contribution >= 4 is 5.96 Å². The number of hydrogen-bond acceptors (Lipinski definition) is 3. The van der Waals surface area contributed by atoms with Gasteiger partial charge in [0, 0.05) is 32.7 Å². The van der Waals surface area contributed by atoms with Crippen LogP contribution < -0.4 is 11.6 Å². The molecule has 0 bridgehead atoms. The van der Waals surface area contributed by atoms with Crippen molar-refractivity contribution in [3.63, 3.8) is 0 Å². The van der Waals surface area contributed by atoms with Crippen molar-refractivity contribution in [2.24, 2.45) is 22.6 Å². The molecule has 0 spiro atoms. The first-order chi connectivity index (χ1) is 6.79. The molecule has 1 saturated carbocycles. The largest absolute Gasteiger partial charge is 0.368 e. The Balaban J connectivity index is 1.73. The molecule has 0 amide bonds. The predicted molar refractivity (Wildman–Crippen MR) is 56.5 cm³/mol. The van der Waals surface area contributed by atoms with Gasteiger partial charge in [-0.25, -0.2) is 0 Å². The van der Waals surface area contributed by atoms with Crippen LogP contribution in [0.15, 0.2) is 5.10 Å². The zero-order valence-corrected chi connectivity index (χ0v) is 8.52. The third kappa shape index (κ3) is 2.29. The molecule has 5 nitrogen and oxygen atoms in total. The van der Waals surface area contributed by atoms with Gasteiger partial charge in [-0.1, -0.05) is 0 Å². The summed E-state index contributed by atoms with van der Waals surface area (Å²) in [4.78, 5) is 4.56. The molecule has 0 aromatic carbocycles. The van der Waals surface area contributed by atoms with Gasteiger partial charge in [0.05, 0.1) is 0 Å². The average molecular weight is 197 g/mol. The Morgan fingerprint density at radius 2 is 1.86 bits per heavy atom. The summed E-state index contributed by atoms with van der Waals surface area (Å²) in [5.41, 5.74) is 5.64. The fourth-order valence-electron chi connectivity index (χ4n) is 1.91. The van der Waals surface area contributed by atoms with Gasteiger partial charge in [0.2, 0.25) is 5.96 Å². The second kappa shape index (κ2) is 4.04. The van der Waals surface area contributed by atoms with Gasteiger partial charge in [0.25, 0.3) is 0 Å². The highest BCUT2D eigenvalue weighted by Gasteiger charge is 2.26. The van der Waals surface area contributed by atoms with E-state index in [4.69, 9.17) is 11.6 Å². The highest BCUT2D eigenvalue weighted by atomic mass is 15.4. The molecule has 0 atom stereocenters. The van der Waals surface area contributed by atoms with Crippen LogP contribution in [-0.4, -0.2) is 48.5 Å². The van der Waals surface area contributed by atoms with Crippen LogP contribution in [0.2, 0.25) is 0 Å². The zero-order chi connectivity index (χ0) is 9.97. The average Bonchev–Trinajstić information content (AvgIpc) is 3.02. The summed E-state index contributed by atoms with van der Waals surface area (Å²) in [6, 6.07) is 0. The molecule has 1 heterocycles. The Hall–Kier alpha value is -0.970. The fraction of sp³-hybridized carbons (Fsp3) is 0.889. The van der Waals surface area contributed by atoms with Gasteiger partial charge in [-0.3, -0.25) is 4.90 Å². The minimum Gasteiger partial charge on any atom is -0.368 e. The second-order valence-electron chi connectivity index (χ2n) is 4.22. The molecular formula is C9H19N5. The maximum Gasteiger partial charge on any atom is 0.213 e. The van der Waals surface area contributed by atoms with Crippen LogP contribution in [0.3, 0.4) is 0 Å². The maximum atomic E-state index is 5.64. The van der Waals surface area contributed by atoms with Gasteiger partial charge in [-0.15, -0.1) is 5.10 Å². The van der Waals surface area contributed by atoms with Gasteiger partial charge in [0.1, 0.15) is 0 Å². The molecule has 1 aliphatic heterocycles. The van der Waals surface area contributed by atoms with Gasteiger partial charge >= 0.3 is 0 Å². The Kier molecular flexibility index (Phi) is 2.77. The van der Waals surface area contributed by atoms with E-state index in [9.17, 15) is 0 Å². The Labute approximate surface area is 84.7 Å². The number of rotatable bonds is 2. The molecule has 0 aromatic rings. The summed E-state index contributed by atoms with van der Waals surface area (Å²) < 4.78 is 0. The molecule has 0 radical (unpaired) electrons. The fourth-order valence-corrected chi connectivity index (χ4v) is 1.91. The lowest BCUT2D eigenvalue weighted by Gasteiger charge is -2.34. The van der Waals surface area contributed by atoms with Crippen molar-refractivity contribution in [2.75, 3.05) is 32.7 Å². The predicted octanol–water partition coefficient (Wildman–Crippen LogP) is -0.798. The number of piperazine rings is 1. The van der Waals surface area contributed by atoms with Crippen molar-refractivity contribution in [2.45, 2.75) is 12.8 Å². The Bertz CT molecular complexity index is 215. The summed E-state index contributed by atoms with van der Waals surface area (Å²) in [5.74, 6) is 6.58. The number of nitrogens with zero attached hydrogens (tertiary/aromatic N) is 3. The maximum absolute atomic E-state index is 5.64. The Morgan fingerprint density at radius 1 is 1.21 bits per heavy atom. The van der Waals surface area contributed by atoms with Gasteiger partial charge in [-0.05, 0) is 18.8 Å². The summed E-state index contributed by atoms with van der Waals surface area (Å²) in [6.45, 7) is 5.37. The lowest BCUT2D eigenvalue weighted by Crippen LogP contribution is -2.51. The van der Waals surface area contributed by atoms with Gasteiger partial charge < -0.3 is 16.5 Å². The first-order valence-corrected chi connectivity index (χ1v) is 5.30. The minimum absolute atomic E-state index is 0.469. The van der Waals surface area contributed by atoms with Crippen LogP contribution in [0, 0.1) is 5.92 Å². The van der Waals surface area contributed by atoms with Crippen molar-refractivity contribution < 1.29 is 0 Å². The standard InChI is InChI=1S/C9H19N5/c10-9(12-11)14-5-3-13(4-6-14)7-8-1-2-8/h8H,1-7,11H2,(H2,10,12). The highest BCUT2D eigenvalue weighted by molar-refractivity contribution is 5.77. The molecule has 4 N–H and O–H groups in total. The normalized spacial score (nSPS) is 25.4. The number of hydrogen-bond donors (Lipinski definition) is 2. The van der Waals surface area contributed by atoms with Crippen LogP contribution in [0.4, 0.5) is 0 Å². The van der Waals surface area contributed by atoms with Crippen molar-refractivity contribution in [1.82, 2.24) is 9.80 Å². The molecule has 2 aliphatic rings. The summed E-state index contributed by atoms with van der Waals surface area (Å²) in [7, 11) is 0. The van der Waals surface area contributed by atoms with Crippen LogP contribution in [0.25, 0.3) is 0 Å². The minimum atomic E-state index is 0.469. The molecule has 0 aromatic heterocycles. The quantitative estimate of drug-likeness (QED) is 0.263. The number of nitrogens with two attached hydrogens (primary N) is 2. The summed E-state index contributed by atoms with van der Waals surface area (Å²) in [6.07, 6.45) is 2.85. The lowest BCUT2D eigenvalue weighted by molar-refractivity contribution is 0.175. The molecule has 2 rings (SSSR count). The van der Waals surface area contributed by atoms with E-state index in [1.807, 2.05) is 4.90 Å². The SMILES string of the molecule is NN=C(N)N1CCN(CC2CC2)CC1. The smallest absolute Gasteiger partial charge is 0.213 e. The molecule has 80 valence electrons. The van der Waals surface area contributed by atoms with Crippen LogP contribution in [0.1, 0.15) is 12.8 Å². The van der Waals surface area contributed by atoms with Crippen molar-refractivity contribution in [1.29, 1.82) is 0 Å². The van der Waals surface area contributed by atoms with E-state index in [2.05, 4.69) is 10.0 Å². The molecule has 0 unspecified atom stereocenters. The van der Waals surface area contributed by atoms with E-state index in [-0.39, 0.29) is 0 Å². The van der Waals surface area contributed by atoms with Crippen LogP contribution in [0.5, 0.6) is 0 Å². The van der Waals surface area contributed by atoms with E-state index >= 15 is 0 Å². The van der Waals surface area contributed by atoms with Gasteiger partial charge in [0.15, 0.2) is 0 Å².